The number of carboxylic acids is 1. The second-order valence-corrected chi connectivity index (χ2v) is 6.63. The predicted octanol–water partition coefficient (Wildman–Crippen LogP) is 1.08. The number of carboxylic acid groups (broad SMARTS) is 1. The van der Waals surface area contributed by atoms with Crippen molar-refractivity contribution < 1.29 is 23.5 Å². The van der Waals surface area contributed by atoms with E-state index in [4.69, 9.17) is 5.11 Å². The third-order valence-corrected chi connectivity index (χ3v) is 4.12. The minimum absolute atomic E-state index is 0.202. The van der Waals surface area contributed by atoms with Crippen LogP contribution in [-0.4, -0.2) is 37.6 Å². The lowest BCUT2D eigenvalue weighted by Crippen LogP contribution is -2.38. The van der Waals surface area contributed by atoms with Crippen LogP contribution in [0.3, 0.4) is 0 Å². The Morgan fingerprint density at radius 1 is 1.12 bits per heavy atom. The number of benzene rings is 1. The van der Waals surface area contributed by atoms with E-state index in [0.717, 1.165) is 23.8 Å². The first-order valence-electron chi connectivity index (χ1n) is 9.22. The van der Waals surface area contributed by atoms with Gasteiger partial charge in [-0.1, -0.05) is 6.07 Å². The first-order chi connectivity index (χ1) is 15.1. The van der Waals surface area contributed by atoms with Crippen LogP contribution in [0.25, 0.3) is 0 Å². The van der Waals surface area contributed by atoms with Crippen molar-refractivity contribution in [2.45, 2.75) is 13.5 Å². The number of aromatic nitrogens is 3. The van der Waals surface area contributed by atoms with Gasteiger partial charge < -0.3 is 15.0 Å². The lowest BCUT2D eigenvalue weighted by molar-refractivity contribution is -0.135. The van der Waals surface area contributed by atoms with Crippen LogP contribution in [0, 0.1) is 18.6 Å². The number of aryl methyl sites for hydroxylation is 2. The molecule has 2 aromatic heterocycles. The Morgan fingerprint density at radius 2 is 1.78 bits per heavy atom. The number of hydrogen-bond acceptors (Lipinski definition) is 5. The summed E-state index contributed by atoms with van der Waals surface area (Å²) >= 11 is 0. The van der Waals surface area contributed by atoms with Gasteiger partial charge in [-0.2, -0.15) is 0 Å². The van der Waals surface area contributed by atoms with Gasteiger partial charge in [0.15, 0.2) is 0 Å². The fraction of sp³-hybridized carbons (Fsp3) is 0.190. The molecule has 0 fully saturated rings. The first-order valence-corrected chi connectivity index (χ1v) is 9.22. The predicted molar refractivity (Wildman–Crippen MR) is 110 cm³/mol. The Kier molecular flexibility index (Phi) is 8.11. The molecule has 0 aliphatic carbocycles. The summed E-state index contributed by atoms with van der Waals surface area (Å²) in [5, 5.41) is 10.1. The van der Waals surface area contributed by atoms with E-state index in [1.54, 1.807) is 13.2 Å². The SMILES string of the molecule is Cc1ccnc(Cn2c(=O)ccn(C)c2=O)c1.O=C(O)CNC(=O)c1c(F)cccc1F. The maximum Gasteiger partial charge on any atom is 0.331 e. The quantitative estimate of drug-likeness (QED) is 0.605. The highest BCUT2D eigenvalue weighted by Crippen LogP contribution is 2.11. The van der Waals surface area contributed by atoms with Gasteiger partial charge in [0.1, 0.15) is 23.7 Å². The summed E-state index contributed by atoms with van der Waals surface area (Å²) in [5.74, 6) is -4.44. The molecule has 11 heteroatoms. The molecule has 0 radical (unpaired) electrons. The zero-order valence-electron chi connectivity index (χ0n) is 17.2. The standard InChI is InChI=1S/C12H13N3O2.C9H7F2NO3/c1-9-3-5-13-10(7-9)8-15-11(16)4-6-14(2)12(15)17;10-5-2-1-3-6(11)8(5)9(15)12-4-7(13)14/h3-7H,8H2,1-2H3;1-3H,4H2,(H,12,15)(H,13,14). The molecule has 0 bridgehead atoms. The van der Waals surface area contributed by atoms with Gasteiger partial charge >= 0.3 is 11.7 Å². The monoisotopic (exact) mass is 446 g/mol. The smallest absolute Gasteiger partial charge is 0.331 e. The molecule has 0 aliphatic rings. The summed E-state index contributed by atoms with van der Waals surface area (Å²) in [5.41, 5.74) is 0.335. The molecular formula is C21H20F2N4O5. The number of rotatable bonds is 5. The molecule has 1 aromatic carbocycles. The molecule has 168 valence electrons. The van der Waals surface area contributed by atoms with Gasteiger partial charge in [0.2, 0.25) is 0 Å². The van der Waals surface area contributed by atoms with E-state index in [1.807, 2.05) is 24.4 Å². The molecule has 3 rings (SSSR count). The third-order valence-electron chi connectivity index (χ3n) is 4.12. The number of carbonyl (C=O) groups is 2. The second kappa shape index (κ2) is 10.8. The highest BCUT2D eigenvalue weighted by molar-refractivity contribution is 5.96. The minimum Gasteiger partial charge on any atom is -0.480 e. The number of carbonyl (C=O) groups excluding carboxylic acids is 1. The summed E-state index contributed by atoms with van der Waals surface area (Å²) in [6, 6.07) is 8.04. The van der Waals surface area contributed by atoms with Crippen molar-refractivity contribution >= 4 is 11.9 Å². The van der Waals surface area contributed by atoms with E-state index in [2.05, 4.69) is 4.98 Å². The largest absolute Gasteiger partial charge is 0.480 e. The Hall–Kier alpha value is -4.15. The molecule has 3 aromatic rings. The summed E-state index contributed by atoms with van der Waals surface area (Å²) in [4.78, 5) is 48.8. The topological polar surface area (TPSA) is 123 Å². The van der Waals surface area contributed by atoms with Gasteiger partial charge in [-0.3, -0.25) is 23.9 Å². The van der Waals surface area contributed by atoms with Crippen molar-refractivity contribution in [3.63, 3.8) is 0 Å². The molecule has 0 atom stereocenters. The Labute approximate surface area is 180 Å². The van der Waals surface area contributed by atoms with Crippen molar-refractivity contribution in [2.75, 3.05) is 6.54 Å². The number of hydrogen-bond donors (Lipinski definition) is 2. The van der Waals surface area contributed by atoms with Gasteiger partial charge in [0, 0.05) is 25.5 Å². The van der Waals surface area contributed by atoms with Crippen molar-refractivity contribution in [3.05, 3.63) is 98.1 Å². The van der Waals surface area contributed by atoms with E-state index < -0.39 is 35.6 Å². The Bertz CT molecular complexity index is 1230. The van der Waals surface area contributed by atoms with Crippen LogP contribution in [0.4, 0.5) is 8.78 Å². The normalized spacial score (nSPS) is 10.1. The Morgan fingerprint density at radius 3 is 2.38 bits per heavy atom. The zero-order valence-corrected chi connectivity index (χ0v) is 17.2. The van der Waals surface area contributed by atoms with Crippen LogP contribution in [0.15, 0.2) is 58.4 Å². The average molecular weight is 446 g/mol. The van der Waals surface area contributed by atoms with Crippen LogP contribution in [0.2, 0.25) is 0 Å². The molecule has 0 spiro atoms. The van der Waals surface area contributed by atoms with Gasteiger partial charge in [-0.25, -0.2) is 13.6 Å². The van der Waals surface area contributed by atoms with Crippen molar-refractivity contribution in [1.82, 2.24) is 19.4 Å². The molecule has 2 N–H and O–H groups in total. The van der Waals surface area contributed by atoms with E-state index in [1.165, 1.54) is 21.4 Å². The molecule has 1 amide bonds. The summed E-state index contributed by atoms with van der Waals surface area (Å²) < 4.78 is 28.5. The van der Waals surface area contributed by atoms with Crippen LogP contribution in [-0.2, 0) is 18.4 Å². The van der Waals surface area contributed by atoms with E-state index in [9.17, 15) is 28.0 Å². The molecule has 9 nitrogen and oxygen atoms in total. The van der Waals surface area contributed by atoms with Crippen LogP contribution in [0.5, 0.6) is 0 Å². The highest BCUT2D eigenvalue weighted by Gasteiger charge is 2.17. The first kappa shape index (κ1) is 24.1. The van der Waals surface area contributed by atoms with E-state index >= 15 is 0 Å². The molecule has 0 saturated heterocycles. The van der Waals surface area contributed by atoms with Gasteiger partial charge in [0.05, 0.1) is 12.2 Å². The third kappa shape index (κ3) is 6.42. The van der Waals surface area contributed by atoms with Crippen molar-refractivity contribution in [2.24, 2.45) is 7.05 Å². The molecule has 0 unspecified atom stereocenters. The fourth-order valence-corrected chi connectivity index (χ4v) is 2.57. The van der Waals surface area contributed by atoms with E-state index in [-0.39, 0.29) is 17.8 Å². The van der Waals surface area contributed by atoms with Crippen LogP contribution in [0.1, 0.15) is 21.6 Å². The van der Waals surface area contributed by atoms with Crippen molar-refractivity contribution in [3.8, 4) is 0 Å². The van der Waals surface area contributed by atoms with Crippen molar-refractivity contribution in [1.29, 1.82) is 0 Å². The van der Waals surface area contributed by atoms with Gasteiger partial charge in [-0.05, 0) is 36.8 Å². The number of nitrogens with zero attached hydrogens (tertiary/aromatic N) is 3. The summed E-state index contributed by atoms with van der Waals surface area (Å²) in [6.07, 6.45) is 3.13. The number of halogens is 2. The lowest BCUT2D eigenvalue weighted by atomic mass is 10.2. The van der Waals surface area contributed by atoms with Crippen LogP contribution >= 0.6 is 0 Å². The average Bonchev–Trinajstić information content (AvgIpc) is 2.73. The van der Waals surface area contributed by atoms with E-state index in [0.29, 0.717) is 5.69 Å². The number of pyridine rings is 1. The highest BCUT2D eigenvalue weighted by atomic mass is 19.1. The van der Waals surface area contributed by atoms with Gasteiger partial charge in [0.25, 0.3) is 11.5 Å². The number of nitrogens with one attached hydrogen (secondary N) is 1. The van der Waals surface area contributed by atoms with Crippen LogP contribution < -0.4 is 16.6 Å². The second-order valence-electron chi connectivity index (χ2n) is 6.63. The molecule has 2 heterocycles. The molecular weight excluding hydrogens is 426 g/mol. The molecule has 0 aliphatic heterocycles. The maximum absolute atomic E-state index is 13.0. The lowest BCUT2D eigenvalue weighted by Gasteiger charge is -2.06. The molecule has 32 heavy (non-hydrogen) atoms. The number of amides is 1. The number of aliphatic carboxylic acids is 1. The fourth-order valence-electron chi connectivity index (χ4n) is 2.57. The minimum atomic E-state index is -1.29. The van der Waals surface area contributed by atoms with Gasteiger partial charge in [-0.15, -0.1) is 0 Å². The maximum atomic E-state index is 13.0. The molecule has 0 saturated carbocycles. The Balaban J connectivity index is 0.000000229. The summed E-state index contributed by atoms with van der Waals surface area (Å²) in [7, 11) is 1.61. The summed E-state index contributed by atoms with van der Waals surface area (Å²) in [6.45, 7) is 1.46. The zero-order chi connectivity index (χ0) is 23.8.